The maximum absolute atomic E-state index is 11.2. The van der Waals surface area contributed by atoms with Crippen LogP contribution in [0.2, 0.25) is 5.02 Å². The third kappa shape index (κ3) is 5.01. The number of carbonyl (C=O) groups is 1. The number of hydrogen-bond donors (Lipinski definition) is 1. The molecule has 0 heterocycles. The van der Waals surface area contributed by atoms with Crippen molar-refractivity contribution in [2.75, 3.05) is 6.61 Å². The van der Waals surface area contributed by atoms with Gasteiger partial charge in [-0.1, -0.05) is 41.4 Å². The number of ether oxygens (including phenoxy) is 2. The van der Waals surface area contributed by atoms with Gasteiger partial charge in [0.2, 0.25) is 0 Å². The molecule has 2 aromatic carbocycles. The Balaban J connectivity index is 2.34. The van der Waals surface area contributed by atoms with Crippen LogP contribution in [0.25, 0.3) is 6.08 Å². The van der Waals surface area contributed by atoms with E-state index in [1.165, 1.54) is 6.08 Å². The van der Waals surface area contributed by atoms with E-state index in [1.54, 1.807) is 18.2 Å². The first-order valence-electron chi connectivity index (χ1n) is 8.01. The van der Waals surface area contributed by atoms with Gasteiger partial charge >= 0.3 is 0 Å². The van der Waals surface area contributed by atoms with Crippen molar-refractivity contribution in [1.82, 2.24) is 0 Å². The Morgan fingerprint density at radius 3 is 2.69 bits per heavy atom. The smallest absolute Gasteiger partial charge is 0.259 e. The molecule has 6 heteroatoms. The number of aryl methyl sites for hydroxylation is 1. The first-order chi connectivity index (χ1) is 12.4. The van der Waals surface area contributed by atoms with Gasteiger partial charge in [-0.15, -0.1) is 0 Å². The van der Waals surface area contributed by atoms with Gasteiger partial charge in [0.15, 0.2) is 11.5 Å². The van der Waals surface area contributed by atoms with Gasteiger partial charge in [0.05, 0.1) is 11.6 Å². The molecule has 0 saturated carbocycles. The molecule has 0 unspecified atom stereocenters. The Morgan fingerprint density at radius 2 is 2.08 bits per heavy atom. The van der Waals surface area contributed by atoms with Gasteiger partial charge < -0.3 is 15.2 Å². The quantitative estimate of drug-likeness (QED) is 0.589. The normalized spacial score (nSPS) is 10.9. The Bertz CT molecular complexity index is 885. The molecule has 2 rings (SSSR count). The predicted octanol–water partition coefficient (Wildman–Crippen LogP) is 4.02. The van der Waals surface area contributed by atoms with Gasteiger partial charge in [0.25, 0.3) is 5.91 Å². The third-order valence-corrected chi connectivity index (χ3v) is 3.78. The lowest BCUT2D eigenvalue weighted by Crippen LogP contribution is -2.12. The van der Waals surface area contributed by atoms with Crippen LogP contribution in [0.4, 0.5) is 0 Å². The van der Waals surface area contributed by atoms with Gasteiger partial charge in [-0.05, 0) is 43.2 Å². The molecule has 0 bridgehead atoms. The van der Waals surface area contributed by atoms with Gasteiger partial charge in [0, 0.05) is 0 Å². The number of amides is 1. The average molecular weight is 371 g/mol. The molecule has 2 N–H and O–H groups in total. The molecule has 0 aliphatic carbocycles. The van der Waals surface area contributed by atoms with Gasteiger partial charge in [-0.3, -0.25) is 4.79 Å². The minimum atomic E-state index is -0.804. The van der Waals surface area contributed by atoms with Crippen molar-refractivity contribution in [2.45, 2.75) is 20.5 Å². The summed E-state index contributed by atoms with van der Waals surface area (Å²) in [5.74, 6) is 0.0341. The second-order valence-electron chi connectivity index (χ2n) is 5.57. The van der Waals surface area contributed by atoms with Gasteiger partial charge in [-0.2, -0.15) is 5.26 Å². The highest BCUT2D eigenvalue weighted by atomic mass is 35.5. The molecule has 0 radical (unpaired) electrons. The summed E-state index contributed by atoms with van der Waals surface area (Å²) in [6.07, 6.45) is 1.36. The van der Waals surface area contributed by atoms with E-state index >= 15 is 0 Å². The van der Waals surface area contributed by atoms with Crippen LogP contribution in [0.15, 0.2) is 42.0 Å². The van der Waals surface area contributed by atoms with Crippen molar-refractivity contribution >= 4 is 23.6 Å². The SMILES string of the molecule is CCOc1cc(/C=C(\C#N)C(N)=O)cc(Cl)c1OCc1cccc(C)c1. The average Bonchev–Trinajstić information content (AvgIpc) is 2.59. The summed E-state index contributed by atoms with van der Waals surface area (Å²) in [5.41, 5.74) is 7.67. The van der Waals surface area contributed by atoms with Crippen LogP contribution in [-0.4, -0.2) is 12.5 Å². The van der Waals surface area contributed by atoms with Gasteiger partial charge in [-0.25, -0.2) is 0 Å². The highest BCUT2D eigenvalue weighted by molar-refractivity contribution is 6.32. The van der Waals surface area contributed by atoms with Crippen molar-refractivity contribution in [3.63, 3.8) is 0 Å². The summed E-state index contributed by atoms with van der Waals surface area (Å²) >= 11 is 6.34. The molecule has 0 aliphatic heterocycles. The molecular weight excluding hydrogens is 352 g/mol. The lowest BCUT2D eigenvalue weighted by atomic mass is 10.1. The van der Waals surface area contributed by atoms with Crippen LogP contribution in [0.3, 0.4) is 0 Å². The summed E-state index contributed by atoms with van der Waals surface area (Å²) in [6.45, 7) is 4.59. The third-order valence-electron chi connectivity index (χ3n) is 3.49. The summed E-state index contributed by atoms with van der Waals surface area (Å²) in [6, 6.07) is 13.0. The van der Waals surface area contributed by atoms with Crippen molar-refractivity contribution in [3.8, 4) is 17.6 Å². The number of primary amides is 1. The fourth-order valence-electron chi connectivity index (χ4n) is 2.36. The molecular formula is C20H19ClN2O3. The first kappa shape index (κ1) is 19.4. The van der Waals surface area contributed by atoms with E-state index in [0.29, 0.717) is 35.3 Å². The van der Waals surface area contributed by atoms with E-state index < -0.39 is 5.91 Å². The van der Waals surface area contributed by atoms with E-state index in [2.05, 4.69) is 0 Å². The minimum Gasteiger partial charge on any atom is -0.490 e. The number of nitriles is 1. The fourth-order valence-corrected chi connectivity index (χ4v) is 2.63. The summed E-state index contributed by atoms with van der Waals surface area (Å²) < 4.78 is 11.5. The summed E-state index contributed by atoms with van der Waals surface area (Å²) in [4.78, 5) is 11.2. The van der Waals surface area contributed by atoms with Crippen LogP contribution < -0.4 is 15.2 Å². The van der Waals surface area contributed by atoms with Crippen LogP contribution in [0, 0.1) is 18.3 Å². The molecule has 1 amide bonds. The van der Waals surface area contributed by atoms with E-state index in [1.807, 2.05) is 38.1 Å². The van der Waals surface area contributed by atoms with E-state index in [-0.39, 0.29) is 5.57 Å². The highest BCUT2D eigenvalue weighted by Crippen LogP contribution is 2.37. The number of halogens is 1. The van der Waals surface area contributed by atoms with E-state index in [0.717, 1.165) is 11.1 Å². The first-order valence-corrected chi connectivity index (χ1v) is 8.38. The number of benzene rings is 2. The fraction of sp³-hybridized carbons (Fsp3) is 0.200. The van der Waals surface area contributed by atoms with E-state index in [9.17, 15) is 4.79 Å². The van der Waals surface area contributed by atoms with Crippen LogP contribution in [0.5, 0.6) is 11.5 Å². The molecule has 0 aliphatic rings. The van der Waals surface area contributed by atoms with Crippen LogP contribution in [-0.2, 0) is 11.4 Å². The number of rotatable bonds is 7. The second kappa shape index (κ2) is 8.93. The van der Waals surface area contributed by atoms with Crippen LogP contribution >= 0.6 is 11.6 Å². The molecule has 0 fully saturated rings. The zero-order chi connectivity index (χ0) is 19.1. The Labute approximate surface area is 157 Å². The maximum Gasteiger partial charge on any atom is 0.259 e. The Kier molecular flexibility index (Phi) is 6.65. The molecule has 26 heavy (non-hydrogen) atoms. The number of carbonyl (C=O) groups excluding carboxylic acids is 1. The molecule has 2 aromatic rings. The molecule has 134 valence electrons. The second-order valence-corrected chi connectivity index (χ2v) is 5.98. The standard InChI is InChI=1S/C20H19ClN2O3/c1-3-25-18-10-15(8-16(11-22)20(23)24)9-17(21)19(18)26-12-14-6-4-5-13(2)7-14/h4-10H,3,12H2,1-2H3,(H2,23,24)/b16-8+. The predicted molar refractivity (Wildman–Crippen MR) is 101 cm³/mol. The van der Waals surface area contributed by atoms with Crippen molar-refractivity contribution in [3.05, 3.63) is 63.7 Å². The monoisotopic (exact) mass is 370 g/mol. The number of hydrogen-bond acceptors (Lipinski definition) is 4. The zero-order valence-corrected chi connectivity index (χ0v) is 15.3. The number of nitrogens with two attached hydrogens (primary N) is 1. The van der Waals surface area contributed by atoms with Gasteiger partial charge in [0.1, 0.15) is 18.2 Å². The Hall–Kier alpha value is -2.97. The Morgan fingerprint density at radius 1 is 1.31 bits per heavy atom. The zero-order valence-electron chi connectivity index (χ0n) is 14.6. The van der Waals surface area contributed by atoms with E-state index in [4.69, 9.17) is 32.1 Å². The minimum absolute atomic E-state index is 0.169. The lowest BCUT2D eigenvalue weighted by molar-refractivity contribution is -0.114. The van der Waals surface area contributed by atoms with Crippen molar-refractivity contribution in [2.24, 2.45) is 5.73 Å². The highest BCUT2D eigenvalue weighted by Gasteiger charge is 2.14. The molecule has 5 nitrogen and oxygen atoms in total. The van der Waals surface area contributed by atoms with Crippen molar-refractivity contribution in [1.29, 1.82) is 5.26 Å². The molecule has 0 atom stereocenters. The maximum atomic E-state index is 11.2. The lowest BCUT2D eigenvalue weighted by Gasteiger charge is -2.15. The molecule has 0 saturated heterocycles. The summed E-state index contributed by atoms with van der Waals surface area (Å²) in [5, 5.41) is 9.30. The number of nitrogens with zero attached hydrogens (tertiary/aromatic N) is 1. The largest absolute Gasteiger partial charge is 0.490 e. The van der Waals surface area contributed by atoms with Crippen LogP contribution in [0.1, 0.15) is 23.6 Å². The molecule has 0 aromatic heterocycles. The molecule has 0 spiro atoms. The topological polar surface area (TPSA) is 85.3 Å². The van der Waals surface area contributed by atoms with Crippen molar-refractivity contribution < 1.29 is 14.3 Å². The summed E-state index contributed by atoms with van der Waals surface area (Å²) in [7, 11) is 0.